The molecule has 3 aromatic rings. The maximum Gasteiger partial charge on any atom is 0.300 e. The van der Waals surface area contributed by atoms with Crippen molar-refractivity contribution in [1.29, 1.82) is 0 Å². The van der Waals surface area contributed by atoms with Crippen molar-refractivity contribution in [2.24, 2.45) is 0 Å². The molecule has 162 valence electrons. The van der Waals surface area contributed by atoms with Crippen LogP contribution in [0.5, 0.6) is 5.75 Å². The van der Waals surface area contributed by atoms with Crippen LogP contribution < -0.4 is 14.5 Å². The first kappa shape index (κ1) is 21.1. The third-order valence-electron chi connectivity index (χ3n) is 5.45. The fraction of sp³-hybridized carbons (Fsp3) is 0.160. The van der Waals surface area contributed by atoms with Crippen LogP contribution in [0, 0.1) is 0 Å². The number of para-hydroxylation sites is 1. The standard InChI is InChI=1S/C25H23N3O4/c1-27(2)17-10-12-18(13-11-17)28-22(16-7-6-14-26-15-16)21(24(30)25(28)31)23(29)19-8-4-5-9-20(19)32-3/h4-15,22,29H,1-3H3/b23-21-. The Kier molecular flexibility index (Phi) is 5.64. The van der Waals surface area contributed by atoms with E-state index in [1.165, 1.54) is 12.0 Å². The highest BCUT2D eigenvalue weighted by Crippen LogP contribution is 2.43. The molecule has 1 aliphatic heterocycles. The predicted molar refractivity (Wildman–Crippen MR) is 123 cm³/mol. The summed E-state index contributed by atoms with van der Waals surface area (Å²) in [7, 11) is 5.32. The Morgan fingerprint density at radius 1 is 1.03 bits per heavy atom. The summed E-state index contributed by atoms with van der Waals surface area (Å²) >= 11 is 0. The number of anilines is 2. The van der Waals surface area contributed by atoms with E-state index in [-0.39, 0.29) is 11.3 Å². The van der Waals surface area contributed by atoms with Gasteiger partial charge in [0.15, 0.2) is 0 Å². The molecule has 1 saturated heterocycles. The van der Waals surface area contributed by atoms with Gasteiger partial charge in [-0.25, -0.2) is 0 Å². The molecule has 0 spiro atoms. The molecule has 0 bridgehead atoms. The SMILES string of the molecule is COc1ccccc1/C(O)=C1/C(=O)C(=O)N(c2ccc(N(C)C)cc2)C1c1cccnc1. The highest BCUT2D eigenvalue weighted by molar-refractivity contribution is 6.51. The molecule has 0 saturated carbocycles. The zero-order valence-corrected chi connectivity index (χ0v) is 18.0. The second-order valence-corrected chi connectivity index (χ2v) is 7.57. The molecule has 1 aromatic heterocycles. The summed E-state index contributed by atoms with van der Waals surface area (Å²) in [6, 6.07) is 16.8. The molecule has 7 heteroatoms. The molecule has 2 aromatic carbocycles. The highest BCUT2D eigenvalue weighted by atomic mass is 16.5. The van der Waals surface area contributed by atoms with Crippen molar-refractivity contribution in [2.75, 3.05) is 31.0 Å². The summed E-state index contributed by atoms with van der Waals surface area (Å²) in [4.78, 5) is 33.9. The Morgan fingerprint density at radius 3 is 2.38 bits per heavy atom. The average molecular weight is 429 g/mol. The number of Topliss-reactive ketones (excluding diaryl/α,β-unsaturated/α-hetero) is 1. The molecule has 4 rings (SSSR count). The summed E-state index contributed by atoms with van der Waals surface area (Å²) < 4.78 is 5.36. The normalized spacial score (nSPS) is 17.5. The van der Waals surface area contributed by atoms with Crippen LogP contribution in [0.2, 0.25) is 0 Å². The van der Waals surface area contributed by atoms with E-state index >= 15 is 0 Å². The van der Waals surface area contributed by atoms with Gasteiger partial charge in [-0.1, -0.05) is 18.2 Å². The summed E-state index contributed by atoms with van der Waals surface area (Å²) in [5, 5.41) is 11.2. The van der Waals surface area contributed by atoms with Crippen LogP contribution >= 0.6 is 0 Å². The number of carbonyl (C=O) groups excluding carboxylic acids is 2. The van der Waals surface area contributed by atoms with E-state index in [0.717, 1.165) is 5.69 Å². The Balaban J connectivity index is 1.92. The summed E-state index contributed by atoms with van der Waals surface area (Å²) in [6.45, 7) is 0. The number of aliphatic hydroxyl groups excluding tert-OH is 1. The van der Waals surface area contributed by atoms with E-state index in [0.29, 0.717) is 22.6 Å². The highest BCUT2D eigenvalue weighted by Gasteiger charge is 2.47. The molecule has 1 amide bonds. The number of hydrogen-bond acceptors (Lipinski definition) is 6. The van der Waals surface area contributed by atoms with Crippen molar-refractivity contribution in [3.63, 3.8) is 0 Å². The van der Waals surface area contributed by atoms with Gasteiger partial charge in [0.05, 0.1) is 24.3 Å². The average Bonchev–Trinajstić information content (AvgIpc) is 3.09. The second kappa shape index (κ2) is 8.55. The monoisotopic (exact) mass is 429 g/mol. The van der Waals surface area contributed by atoms with E-state index in [1.54, 1.807) is 60.9 Å². The fourth-order valence-electron chi connectivity index (χ4n) is 3.85. The first-order chi connectivity index (χ1) is 15.4. The van der Waals surface area contributed by atoms with Gasteiger partial charge >= 0.3 is 0 Å². The number of pyridine rings is 1. The number of hydrogen-bond donors (Lipinski definition) is 1. The predicted octanol–water partition coefficient (Wildman–Crippen LogP) is 3.78. The number of methoxy groups -OCH3 is 1. The lowest BCUT2D eigenvalue weighted by Crippen LogP contribution is -2.29. The number of benzene rings is 2. The van der Waals surface area contributed by atoms with E-state index in [1.807, 2.05) is 31.1 Å². The van der Waals surface area contributed by atoms with Gasteiger partial charge in [-0.15, -0.1) is 0 Å². The minimum Gasteiger partial charge on any atom is -0.507 e. The van der Waals surface area contributed by atoms with Crippen LogP contribution in [-0.2, 0) is 9.59 Å². The van der Waals surface area contributed by atoms with Gasteiger partial charge < -0.3 is 14.7 Å². The lowest BCUT2D eigenvalue weighted by atomic mass is 9.96. The van der Waals surface area contributed by atoms with Gasteiger partial charge in [0.2, 0.25) is 0 Å². The lowest BCUT2D eigenvalue weighted by Gasteiger charge is -2.26. The molecule has 1 N–H and O–H groups in total. The molecule has 7 nitrogen and oxygen atoms in total. The Labute approximate surface area is 186 Å². The molecule has 32 heavy (non-hydrogen) atoms. The van der Waals surface area contributed by atoms with E-state index < -0.39 is 17.7 Å². The number of aromatic nitrogens is 1. The zero-order chi connectivity index (χ0) is 22.8. The van der Waals surface area contributed by atoms with Crippen LogP contribution in [0.25, 0.3) is 5.76 Å². The largest absolute Gasteiger partial charge is 0.507 e. The van der Waals surface area contributed by atoms with Crippen molar-refractivity contribution in [3.8, 4) is 5.75 Å². The Hall–Kier alpha value is -4.13. The van der Waals surface area contributed by atoms with Crippen LogP contribution in [0.15, 0.2) is 78.6 Å². The van der Waals surface area contributed by atoms with E-state index in [9.17, 15) is 14.7 Å². The quantitative estimate of drug-likeness (QED) is 0.378. The van der Waals surface area contributed by atoms with Crippen LogP contribution in [0.3, 0.4) is 0 Å². The van der Waals surface area contributed by atoms with Gasteiger partial charge in [-0.3, -0.25) is 19.5 Å². The second-order valence-electron chi connectivity index (χ2n) is 7.57. The van der Waals surface area contributed by atoms with Crippen molar-refractivity contribution in [3.05, 3.63) is 89.8 Å². The minimum atomic E-state index is -0.834. The number of nitrogens with zero attached hydrogens (tertiary/aromatic N) is 3. The third kappa shape index (κ3) is 3.58. The van der Waals surface area contributed by atoms with Crippen molar-refractivity contribution in [2.45, 2.75) is 6.04 Å². The maximum atomic E-state index is 13.2. The van der Waals surface area contributed by atoms with Crippen LogP contribution in [-0.4, -0.2) is 43.0 Å². The van der Waals surface area contributed by atoms with Crippen LogP contribution in [0.4, 0.5) is 11.4 Å². The zero-order valence-electron chi connectivity index (χ0n) is 18.0. The molecule has 1 aliphatic rings. The molecular formula is C25H23N3O4. The lowest BCUT2D eigenvalue weighted by molar-refractivity contribution is -0.132. The van der Waals surface area contributed by atoms with Gasteiger partial charge in [0.1, 0.15) is 11.5 Å². The number of amides is 1. The number of rotatable bonds is 5. The minimum absolute atomic E-state index is 0.0100. The van der Waals surface area contributed by atoms with Gasteiger partial charge in [-0.05, 0) is 48.0 Å². The molecule has 0 radical (unpaired) electrons. The maximum absolute atomic E-state index is 13.2. The van der Waals surface area contributed by atoms with Gasteiger partial charge in [0, 0.05) is 37.9 Å². The first-order valence-electron chi connectivity index (χ1n) is 10.1. The Morgan fingerprint density at radius 2 is 1.75 bits per heavy atom. The van der Waals surface area contributed by atoms with Gasteiger partial charge in [-0.2, -0.15) is 0 Å². The summed E-state index contributed by atoms with van der Waals surface area (Å²) in [5.74, 6) is -1.37. The van der Waals surface area contributed by atoms with E-state index in [2.05, 4.69) is 4.98 Å². The third-order valence-corrected chi connectivity index (χ3v) is 5.45. The first-order valence-corrected chi connectivity index (χ1v) is 10.1. The molecule has 2 heterocycles. The van der Waals surface area contributed by atoms with Crippen molar-refractivity contribution >= 4 is 28.8 Å². The number of ether oxygens (including phenoxy) is 1. The van der Waals surface area contributed by atoms with Crippen molar-refractivity contribution in [1.82, 2.24) is 4.98 Å². The summed E-state index contributed by atoms with van der Waals surface area (Å²) in [5.41, 5.74) is 2.44. The molecule has 1 fully saturated rings. The Bertz CT molecular complexity index is 1190. The topological polar surface area (TPSA) is 83.0 Å². The molecule has 0 aliphatic carbocycles. The molecular weight excluding hydrogens is 406 g/mol. The summed E-state index contributed by atoms with van der Waals surface area (Å²) in [6.07, 6.45) is 3.20. The smallest absolute Gasteiger partial charge is 0.300 e. The van der Waals surface area contributed by atoms with Crippen molar-refractivity contribution < 1.29 is 19.4 Å². The fourth-order valence-corrected chi connectivity index (χ4v) is 3.85. The number of carbonyl (C=O) groups is 2. The molecule has 1 atom stereocenters. The van der Waals surface area contributed by atoms with Gasteiger partial charge in [0.25, 0.3) is 11.7 Å². The number of aliphatic hydroxyl groups is 1. The van der Waals surface area contributed by atoms with E-state index in [4.69, 9.17) is 4.74 Å². The van der Waals surface area contributed by atoms with Crippen LogP contribution in [0.1, 0.15) is 17.2 Å². The molecule has 1 unspecified atom stereocenters. The number of ketones is 1.